The van der Waals surface area contributed by atoms with E-state index in [1.807, 2.05) is 20.8 Å². The number of nitrogens with one attached hydrogen (secondary N) is 1. The molecule has 4 heteroatoms. The van der Waals surface area contributed by atoms with Gasteiger partial charge in [-0.2, -0.15) is 0 Å². The summed E-state index contributed by atoms with van der Waals surface area (Å²) >= 11 is 0. The van der Waals surface area contributed by atoms with Gasteiger partial charge in [-0.1, -0.05) is 0 Å². The van der Waals surface area contributed by atoms with Crippen molar-refractivity contribution in [2.24, 2.45) is 5.73 Å². The first-order valence-corrected chi connectivity index (χ1v) is 7.00. The average Bonchev–Trinajstić information content (AvgIpc) is 2.53. The Balaban J connectivity index is 2.60. The molecule has 0 bridgehead atoms. The molecular formula is C14H29N3O. The van der Waals surface area contributed by atoms with Crippen LogP contribution in [0.3, 0.4) is 0 Å². The fourth-order valence-electron chi connectivity index (χ4n) is 2.84. The van der Waals surface area contributed by atoms with Gasteiger partial charge in [-0.15, -0.1) is 0 Å². The zero-order chi connectivity index (χ0) is 14.0. The minimum atomic E-state index is -0.604. The maximum Gasteiger partial charge on any atom is 0.237 e. The molecule has 3 N–H and O–H groups in total. The number of hydrogen-bond donors (Lipinski definition) is 2. The van der Waals surface area contributed by atoms with Gasteiger partial charge in [0.25, 0.3) is 0 Å². The third-order valence-electron chi connectivity index (χ3n) is 4.11. The zero-order valence-corrected chi connectivity index (χ0v) is 12.5. The van der Waals surface area contributed by atoms with E-state index in [4.69, 9.17) is 5.73 Å². The Labute approximate surface area is 111 Å². The summed E-state index contributed by atoms with van der Waals surface area (Å²) in [7, 11) is 0. The van der Waals surface area contributed by atoms with E-state index < -0.39 is 5.54 Å². The largest absolute Gasteiger partial charge is 0.368 e. The third kappa shape index (κ3) is 3.69. The molecule has 1 atom stereocenters. The van der Waals surface area contributed by atoms with Crippen LogP contribution in [0, 0.1) is 0 Å². The fourth-order valence-corrected chi connectivity index (χ4v) is 2.84. The summed E-state index contributed by atoms with van der Waals surface area (Å²) in [6.45, 7) is 12.6. The summed E-state index contributed by atoms with van der Waals surface area (Å²) in [6, 6.07) is 0.258. The van der Waals surface area contributed by atoms with Crippen LogP contribution >= 0.6 is 0 Å². The van der Waals surface area contributed by atoms with E-state index in [0.717, 1.165) is 19.5 Å². The van der Waals surface area contributed by atoms with Crippen LogP contribution in [0.15, 0.2) is 0 Å². The highest BCUT2D eigenvalue weighted by Gasteiger charge is 2.36. The molecule has 1 aliphatic heterocycles. The maximum atomic E-state index is 11.7. The summed E-state index contributed by atoms with van der Waals surface area (Å²) in [6.07, 6.45) is 3.25. The Kier molecular flexibility index (Phi) is 4.78. The molecule has 1 rings (SSSR count). The second-order valence-corrected chi connectivity index (χ2v) is 6.65. The van der Waals surface area contributed by atoms with Crippen LogP contribution in [0.2, 0.25) is 0 Å². The van der Waals surface area contributed by atoms with E-state index in [2.05, 4.69) is 24.1 Å². The molecule has 106 valence electrons. The predicted molar refractivity (Wildman–Crippen MR) is 75.4 cm³/mol. The van der Waals surface area contributed by atoms with Gasteiger partial charge in [-0.25, -0.2) is 0 Å². The van der Waals surface area contributed by atoms with Crippen molar-refractivity contribution in [3.63, 3.8) is 0 Å². The van der Waals surface area contributed by atoms with E-state index in [9.17, 15) is 4.79 Å². The molecule has 1 saturated heterocycles. The second kappa shape index (κ2) is 5.57. The van der Waals surface area contributed by atoms with Crippen LogP contribution in [0.25, 0.3) is 0 Å². The molecule has 0 aromatic carbocycles. The number of amides is 1. The van der Waals surface area contributed by atoms with Crippen molar-refractivity contribution in [1.82, 2.24) is 10.2 Å². The number of rotatable bonds is 6. The first-order valence-electron chi connectivity index (χ1n) is 7.00. The molecule has 1 unspecified atom stereocenters. The highest BCUT2D eigenvalue weighted by Crippen LogP contribution is 2.29. The quantitative estimate of drug-likeness (QED) is 0.756. The van der Waals surface area contributed by atoms with Crippen LogP contribution < -0.4 is 11.1 Å². The molecule has 1 aliphatic rings. The Morgan fingerprint density at radius 3 is 2.50 bits per heavy atom. The summed E-state index contributed by atoms with van der Waals surface area (Å²) < 4.78 is 0. The average molecular weight is 255 g/mol. The van der Waals surface area contributed by atoms with E-state index in [-0.39, 0.29) is 17.5 Å². The van der Waals surface area contributed by atoms with E-state index >= 15 is 0 Å². The van der Waals surface area contributed by atoms with Crippen molar-refractivity contribution in [3.05, 3.63) is 0 Å². The Morgan fingerprint density at radius 2 is 2.11 bits per heavy atom. The molecule has 4 nitrogen and oxygen atoms in total. The van der Waals surface area contributed by atoms with Gasteiger partial charge in [-0.3, -0.25) is 9.69 Å². The molecule has 0 saturated carbocycles. The number of carbonyl (C=O) groups is 1. The van der Waals surface area contributed by atoms with Crippen LogP contribution in [0.1, 0.15) is 53.9 Å². The smallest absolute Gasteiger partial charge is 0.237 e. The molecular weight excluding hydrogens is 226 g/mol. The minimum absolute atomic E-state index is 0.256. The van der Waals surface area contributed by atoms with Gasteiger partial charge in [0.2, 0.25) is 5.91 Å². The maximum absolute atomic E-state index is 11.7. The number of likely N-dealkylation sites (tertiary alicyclic amines) is 1. The highest BCUT2D eigenvalue weighted by atomic mass is 16.1. The van der Waals surface area contributed by atoms with Crippen LogP contribution in [0.4, 0.5) is 0 Å². The normalized spacial score (nSPS) is 23.2. The predicted octanol–water partition coefficient (Wildman–Crippen LogP) is 1.49. The molecule has 18 heavy (non-hydrogen) atoms. The van der Waals surface area contributed by atoms with Gasteiger partial charge in [0, 0.05) is 18.1 Å². The molecule has 1 fully saturated rings. The lowest BCUT2D eigenvalue weighted by Gasteiger charge is -2.36. The van der Waals surface area contributed by atoms with Crippen molar-refractivity contribution >= 4 is 5.91 Å². The molecule has 0 radical (unpaired) electrons. The lowest BCUT2D eigenvalue weighted by molar-refractivity contribution is -0.124. The number of carbonyl (C=O) groups excluding carboxylic acids is 1. The lowest BCUT2D eigenvalue weighted by Crippen LogP contribution is -2.57. The summed E-state index contributed by atoms with van der Waals surface area (Å²) in [5, 5.41) is 3.31. The number of nitrogens with two attached hydrogens (primary N) is 1. The molecule has 0 aliphatic carbocycles. The SMILES string of the molecule is CC(C)NC(C)(CCN1CCCC1(C)C)C(N)=O. The van der Waals surface area contributed by atoms with Gasteiger partial charge in [0.05, 0.1) is 5.54 Å². The van der Waals surface area contributed by atoms with Crippen molar-refractivity contribution in [3.8, 4) is 0 Å². The van der Waals surface area contributed by atoms with Gasteiger partial charge in [-0.05, 0) is 60.4 Å². The van der Waals surface area contributed by atoms with Crippen LogP contribution in [-0.2, 0) is 4.79 Å². The van der Waals surface area contributed by atoms with Gasteiger partial charge < -0.3 is 11.1 Å². The molecule has 0 aromatic rings. The number of primary amides is 1. The van der Waals surface area contributed by atoms with E-state index in [1.54, 1.807) is 0 Å². The molecule has 1 heterocycles. The summed E-state index contributed by atoms with van der Waals surface area (Å²) in [4.78, 5) is 14.1. The molecule has 0 spiro atoms. The second-order valence-electron chi connectivity index (χ2n) is 6.65. The van der Waals surface area contributed by atoms with Crippen molar-refractivity contribution in [2.45, 2.75) is 71.0 Å². The Bertz CT molecular complexity index is 301. The highest BCUT2D eigenvalue weighted by molar-refractivity contribution is 5.84. The third-order valence-corrected chi connectivity index (χ3v) is 4.11. The van der Waals surface area contributed by atoms with Crippen molar-refractivity contribution in [1.29, 1.82) is 0 Å². The first-order chi connectivity index (χ1) is 8.17. The van der Waals surface area contributed by atoms with E-state index in [1.165, 1.54) is 12.8 Å². The Morgan fingerprint density at radius 1 is 1.50 bits per heavy atom. The topological polar surface area (TPSA) is 58.4 Å². The Hall–Kier alpha value is -0.610. The zero-order valence-electron chi connectivity index (χ0n) is 12.5. The number of nitrogens with zero attached hydrogens (tertiary/aromatic N) is 1. The minimum Gasteiger partial charge on any atom is -0.368 e. The van der Waals surface area contributed by atoms with Crippen LogP contribution in [-0.4, -0.2) is 41.0 Å². The van der Waals surface area contributed by atoms with Crippen molar-refractivity contribution < 1.29 is 4.79 Å². The monoisotopic (exact) mass is 255 g/mol. The standard InChI is InChI=1S/C14H29N3O/c1-11(2)16-14(5,12(15)18)8-10-17-9-6-7-13(17,3)4/h11,16H,6-10H2,1-5H3,(H2,15,18). The van der Waals surface area contributed by atoms with E-state index in [0.29, 0.717) is 0 Å². The first kappa shape index (κ1) is 15.4. The molecule has 1 amide bonds. The fraction of sp³-hybridized carbons (Fsp3) is 0.929. The number of hydrogen-bond acceptors (Lipinski definition) is 3. The van der Waals surface area contributed by atoms with Crippen molar-refractivity contribution in [2.75, 3.05) is 13.1 Å². The summed E-state index contributed by atoms with van der Waals surface area (Å²) in [5.74, 6) is -0.256. The van der Waals surface area contributed by atoms with Gasteiger partial charge >= 0.3 is 0 Å². The van der Waals surface area contributed by atoms with Gasteiger partial charge in [0.15, 0.2) is 0 Å². The van der Waals surface area contributed by atoms with Gasteiger partial charge in [0.1, 0.15) is 0 Å². The summed E-state index contributed by atoms with van der Waals surface area (Å²) in [5.41, 5.74) is 5.21. The van der Waals surface area contributed by atoms with Crippen LogP contribution in [0.5, 0.6) is 0 Å². The lowest BCUT2D eigenvalue weighted by atomic mass is 9.94. The molecule has 0 aromatic heterocycles.